The molecule has 0 saturated carbocycles. The van der Waals surface area contributed by atoms with Crippen LogP contribution in [0.3, 0.4) is 0 Å². The summed E-state index contributed by atoms with van der Waals surface area (Å²) in [6.07, 6.45) is 5.27. The van der Waals surface area contributed by atoms with Crippen molar-refractivity contribution in [2.24, 2.45) is 0 Å². The monoisotopic (exact) mass is 224 g/mol. The Morgan fingerprint density at radius 1 is 1.20 bits per heavy atom. The van der Waals surface area contributed by atoms with Gasteiger partial charge in [-0.25, -0.2) is 0 Å². The van der Waals surface area contributed by atoms with Gasteiger partial charge in [-0.15, -0.1) is 11.8 Å². The van der Waals surface area contributed by atoms with Crippen LogP contribution in [0.15, 0.2) is 29.2 Å². The average molecular weight is 224 g/mol. The molecule has 0 spiro atoms. The van der Waals surface area contributed by atoms with E-state index in [2.05, 4.69) is 19.1 Å². The molecule has 1 N–H and O–H groups in total. The Kier molecular flexibility index (Phi) is 6.53. The third-order valence-corrected chi connectivity index (χ3v) is 3.43. The van der Waals surface area contributed by atoms with Crippen molar-refractivity contribution >= 4 is 11.8 Å². The van der Waals surface area contributed by atoms with Crippen LogP contribution in [0.25, 0.3) is 0 Å². The number of thioether (sulfide) groups is 1. The number of hydrogen-bond donors (Lipinski definition) is 1. The first-order valence-corrected chi connectivity index (χ1v) is 6.68. The van der Waals surface area contributed by atoms with Crippen LogP contribution in [0.1, 0.15) is 38.2 Å². The molecule has 2 heteroatoms. The molecule has 1 rings (SSSR count). The van der Waals surface area contributed by atoms with E-state index in [1.54, 1.807) is 0 Å². The van der Waals surface area contributed by atoms with E-state index in [9.17, 15) is 0 Å². The van der Waals surface area contributed by atoms with E-state index in [-0.39, 0.29) is 6.61 Å². The van der Waals surface area contributed by atoms with E-state index < -0.39 is 0 Å². The quantitative estimate of drug-likeness (QED) is 0.561. The minimum atomic E-state index is 0.143. The fourth-order valence-corrected chi connectivity index (χ4v) is 2.45. The Morgan fingerprint density at radius 3 is 2.80 bits per heavy atom. The van der Waals surface area contributed by atoms with Crippen LogP contribution in [0.5, 0.6) is 0 Å². The minimum absolute atomic E-state index is 0.143. The van der Waals surface area contributed by atoms with E-state index in [1.165, 1.54) is 36.3 Å². The molecular formula is C13H20OS. The molecule has 0 heterocycles. The Hall–Kier alpha value is -0.470. The van der Waals surface area contributed by atoms with Gasteiger partial charge in [-0.05, 0) is 29.9 Å². The topological polar surface area (TPSA) is 20.2 Å². The third kappa shape index (κ3) is 5.24. The van der Waals surface area contributed by atoms with Crippen molar-refractivity contribution in [2.45, 2.75) is 44.1 Å². The predicted molar refractivity (Wildman–Crippen MR) is 67.2 cm³/mol. The fourth-order valence-electron chi connectivity index (χ4n) is 1.45. The first-order valence-electron chi connectivity index (χ1n) is 5.69. The van der Waals surface area contributed by atoms with Gasteiger partial charge in [-0.1, -0.05) is 38.3 Å². The largest absolute Gasteiger partial charge is 0.392 e. The van der Waals surface area contributed by atoms with Gasteiger partial charge in [0.1, 0.15) is 0 Å². The highest BCUT2D eigenvalue weighted by Gasteiger charge is 1.96. The summed E-state index contributed by atoms with van der Waals surface area (Å²) in [6, 6.07) is 8.16. The molecule has 0 aliphatic heterocycles. The van der Waals surface area contributed by atoms with Gasteiger partial charge in [0, 0.05) is 4.90 Å². The summed E-state index contributed by atoms with van der Waals surface area (Å²) in [4.78, 5) is 1.28. The van der Waals surface area contributed by atoms with Crippen LogP contribution in [0.4, 0.5) is 0 Å². The lowest BCUT2D eigenvalue weighted by Crippen LogP contribution is -1.84. The summed E-state index contributed by atoms with van der Waals surface area (Å²) in [7, 11) is 0. The van der Waals surface area contributed by atoms with Gasteiger partial charge in [0.2, 0.25) is 0 Å². The maximum Gasteiger partial charge on any atom is 0.0682 e. The zero-order valence-electron chi connectivity index (χ0n) is 9.41. The summed E-state index contributed by atoms with van der Waals surface area (Å²) in [5.74, 6) is 1.19. The van der Waals surface area contributed by atoms with Crippen molar-refractivity contribution in [3.05, 3.63) is 29.8 Å². The van der Waals surface area contributed by atoms with E-state index in [4.69, 9.17) is 5.11 Å². The molecule has 0 fully saturated rings. The number of rotatable bonds is 7. The number of aliphatic hydroxyl groups is 1. The Bertz CT molecular complexity index is 273. The molecule has 0 amide bonds. The van der Waals surface area contributed by atoms with Gasteiger partial charge in [0.25, 0.3) is 0 Å². The molecule has 0 bridgehead atoms. The van der Waals surface area contributed by atoms with Gasteiger partial charge >= 0.3 is 0 Å². The first kappa shape index (κ1) is 12.6. The molecule has 1 nitrogen and oxygen atoms in total. The third-order valence-electron chi connectivity index (χ3n) is 2.35. The molecular weight excluding hydrogens is 204 g/mol. The molecule has 84 valence electrons. The first-order chi connectivity index (χ1) is 7.36. The number of unbranched alkanes of at least 4 members (excludes halogenated alkanes) is 3. The standard InChI is InChI=1S/C13H20OS/c1-2-3-4-5-9-15-13-8-6-7-12(10-13)11-14/h6-8,10,14H,2-5,9,11H2,1H3. The maximum atomic E-state index is 8.99. The Labute approximate surface area is 96.9 Å². The van der Waals surface area contributed by atoms with Crippen molar-refractivity contribution < 1.29 is 5.11 Å². The lowest BCUT2D eigenvalue weighted by molar-refractivity contribution is 0.281. The van der Waals surface area contributed by atoms with Crippen LogP contribution in [-0.4, -0.2) is 10.9 Å². The summed E-state index contributed by atoms with van der Waals surface area (Å²) < 4.78 is 0. The van der Waals surface area contributed by atoms with Crippen LogP contribution in [-0.2, 0) is 6.61 Å². The smallest absolute Gasteiger partial charge is 0.0682 e. The zero-order chi connectivity index (χ0) is 10.9. The van der Waals surface area contributed by atoms with E-state index >= 15 is 0 Å². The summed E-state index contributed by atoms with van der Waals surface area (Å²) >= 11 is 1.89. The zero-order valence-corrected chi connectivity index (χ0v) is 10.2. The normalized spacial score (nSPS) is 10.5. The lowest BCUT2D eigenvalue weighted by Gasteiger charge is -2.03. The van der Waals surface area contributed by atoms with Crippen LogP contribution in [0, 0.1) is 0 Å². The number of hydrogen-bond acceptors (Lipinski definition) is 2. The van der Waals surface area contributed by atoms with Crippen molar-refractivity contribution in [1.29, 1.82) is 0 Å². The number of benzene rings is 1. The van der Waals surface area contributed by atoms with Crippen molar-refractivity contribution in [3.63, 3.8) is 0 Å². The molecule has 0 unspecified atom stereocenters. The van der Waals surface area contributed by atoms with Crippen molar-refractivity contribution in [1.82, 2.24) is 0 Å². The Balaban J connectivity index is 2.24. The lowest BCUT2D eigenvalue weighted by atomic mass is 10.2. The van der Waals surface area contributed by atoms with Crippen LogP contribution in [0.2, 0.25) is 0 Å². The van der Waals surface area contributed by atoms with Gasteiger partial charge in [-0.2, -0.15) is 0 Å². The second-order valence-corrected chi connectivity index (χ2v) is 4.88. The molecule has 15 heavy (non-hydrogen) atoms. The second kappa shape index (κ2) is 7.77. The highest BCUT2D eigenvalue weighted by Crippen LogP contribution is 2.20. The molecule has 0 aliphatic carbocycles. The molecule has 0 saturated heterocycles. The van der Waals surface area contributed by atoms with Crippen molar-refractivity contribution in [3.8, 4) is 0 Å². The van der Waals surface area contributed by atoms with Crippen LogP contribution >= 0.6 is 11.8 Å². The van der Waals surface area contributed by atoms with E-state index in [1.807, 2.05) is 23.9 Å². The molecule has 0 atom stereocenters. The van der Waals surface area contributed by atoms with Gasteiger partial charge < -0.3 is 5.11 Å². The van der Waals surface area contributed by atoms with E-state index in [0.717, 1.165) is 5.56 Å². The fraction of sp³-hybridized carbons (Fsp3) is 0.538. The molecule has 1 aromatic rings. The average Bonchev–Trinajstić information content (AvgIpc) is 2.29. The van der Waals surface area contributed by atoms with Gasteiger partial charge in [0.05, 0.1) is 6.61 Å². The predicted octanol–water partition coefficient (Wildman–Crippen LogP) is 3.85. The molecule has 0 radical (unpaired) electrons. The SMILES string of the molecule is CCCCCCSc1cccc(CO)c1. The Morgan fingerprint density at radius 2 is 2.07 bits per heavy atom. The van der Waals surface area contributed by atoms with Gasteiger partial charge in [-0.3, -0.25) is 0 Å². The van der Waals surface area contributed by atoms with Crippen LogP contribution < -0.4 is 0 Å². The summed E-state index contributed by atoms with van der Waals surface area (Å²) in [5, 5.41) is 8.99. The minimum Gasteiger partial charge on any atom is -0.392 e. The second-order valence-electron chi connectivity index (χ2n) is 3.71. The maximum absolute atomic E-state index is 8.99. The summed E-state index contributed by atoms with van der Waals surface area (Å²) in [6.45, 7) is 2.38. The van der Waals surface area contributed by atoms with E-state index in [0.29, 0.717) is 0 Å². The van der Waals surface area contributed by atoms with Crippen molar-refractivity contribution in [2.75, 3.05) is 5.75 Å². The molecule has 0 aliphatic rings. The summed E-state index contributed by atoms with van der Waals surface area (Å²) in [5.41, 5.74) is 1.01. The highest BCUT2D eigenvalue weighted by atomic mass is 32.2. The van der Waals surface area contributed by atoms with Gasteiger partial charge in [0.15, 0.2) is 0 Å². The molecule has 1 aromatic carbocycles. The molecule has 0 aromatic heterocycles. The number of aliphatic hydroxyl groups excluding tert-OH is 1. The highest BCUT2D eigenvalue weighted by molar-refractivity contribution is 7.99.